The smallest absolute Gasteiger partial charge is 0.191 e. The highest BCUT2D eigenvalue weighted by Gasteiger charge is 2.09. The molecule has 0 aliphatic rings. The zero-order chi connectivity index (χ0) is 18.2. The van der Waals surface area contributed by atoms with E-state index >= 15 is 0 Å². The van der Waals surface area contributed by atoms with Gasteiger partial charge in [-0.2, -0.15) is 0 Å². The Balaban J connectivity index is 0.00000261. The summed E-state index contributed by atoms with van der Waals surface area (Å²) in [6, 6.07) is 14.4. The highest BCUT2D eigenvalue weighted by molar-refractivity contribution is 14.0. The molecule has 0 bridgehead atoms. The summed E-state index contributed by atoms with van der Waals surface area (Å²) in [6.45, 7) is 3.66. The van der Waals surface area contributed by atoms with Gasteiger partial charge in [0.25, 0.3) is 0 Å². The molecule has 0 radical (unpaired) electrons. The lowest BCUT2D eigenvalue weighted by Crippen LogP contribution is -2.39. The fourth-order valence-corrected chi connectivity index (χ4v) is 3.55. The van der Waals surface area contributed by atoms with E-state index in [1.54, 1.807) is 13.4 Å². The lowest BCUT2D eigenvalue weighted by molar-refractivity contribution is 0.561. The minimum absolute atomic E-state index is 0. The highest BCUT2D eigenvalue weighted by Crippen LogP contribution is 2.13. The van der Waals surface area contributed by atoms with Crippen LogP contribution in [0, 0.1) is 5.92 Å². The summed E-state index contributed by atoms with van der Waals surface area (Å²) in [5, 5.41) is 17.1. The number of thiophene rings is 1. The first-order valence-corrected chi connectivity index (χ1v) is 9.55. The second-order valence-corrected chi connectivity index (χ2v) is 7.18. The Kier molecular flexibility index (Phi) is 8.73. The van der Waals surface area contributed by atoms with E-state index < -0.39 is 0 Å². The van der Waals surface area contributed by atoms with Crippen LogP contribution in [0.25, 0.3) is 5.69 Å². The van der Waals surface area contributed by atoms with E-state index in [1.165, 1.54) is 4.88 Å². The third-order valence-electron chi connectivity index (χ3n) is 4.04. The molecule has 3 rings (SSSR count). The van der Waals surface area contributed by atoms with Crippen molar-refractivity contribution in [1.82, 2.24) is 25.4 Å². The first-order chi connectivity index (χ1) is 12.8. The predicted octanol–water partition coefficient (Wildman–Crippen LogP) is 3.49. The molecule has 2 heterocycles. The Hall–Kier alpha value is -1.94. The second-order valence-electron chi connectivity index (χ2n) is 6.15. The first-order valence-electron chi connectivity index (χ1n) is 8.67. The number of para-hydroxylation sites is 1. The largest absolute Gasteiger partial charge is 0.356 e. The molecular weight excluding hydrogens is 471 g/mol. The molecule has 0 amide bonds. The quantitative estimate of drug-likeness (QED) is 0.299. The van der Waals surface area contributed by atoms with Gasteiger partial charge in [-0.1, -0.05) is 31.2 Å². The van der Waals surface area contributed by atoms with Crippen molar-refractivity contribution in [2.24, 2.45) is 10.9 Å². The van der Waals surface area contributed by atoms with Gasteiger partial charge in [-0.05, 0) is 35.9 Å². The molecule has 8 heteroatoms. The van der Waals surface area contributed by atoms with Gasteiger partial charge >= 0.3 is 0 Å². The van der Waals surface area contributed by atoms with Crippen LogP contribution in [0.2, 0.25) is 0 Å². The Morgan fingerprint density at radius 3 is 2.70 bits per heavy atom. The monoisotopic (exact) mass is 496 g/mol. The van der Waals surface area contributed by atoms with Crippen LogP contribution in [0.1, 0.15) is 17.6 Å². The molecule has 1 atom stereocenters. The van der Waals surface area contributed by atoms with Crippen molar-refractivity contribution in [3.63, 3.8) is 0 Å². The minimum Gasteiger partial charge on any atom is -0.356 e. The fourth-order valence-electron chi connectivity index (χ4n) is 2.68. The van der Waals surface area contributed by atoms with Gasteiger partial charge in [0.15, 0.2) is 11.8 Å². The summed E-state index contributed by atoms with van der Waals surface area (Å²) in [6.07, 6.45) is 2.80. The van der Waals surface area contributed by atoms with E-state index in [9.17, 15) is 0 Å². The zero-order valence-electron chi connectivity index (χ0n) is 15.5. The third-order valence-corrected chi connectivity index (χ3v) is 4.94. The van der Waals surface area contributed by atoms with Gasteiger partial charge in [-0.15, -0.1) is 45.5 Å². The molecule has 6 nitrogen and oxygen atoms in total. The number of hydrogen-bond donors (Lipinski definition) is 2. The average Bonchev–Trinajstić information content (AvgIpc) is 3.34. The number of halogens is 1. The molecule has 2 N–H and O–H groups in total. The van der Waals surface area contributed by atoms with E-state index in [0.717, 1.165) is 30.4 Å². The van der Waals surface area contributed by atoms with E-state index in [-0.39, 0.29) is 24.0 Å². The topological polar surface area (TPSA) is 67.1 Å². The second kappa shape index (κ2) is 11.0. The number of nitrogens with zero attached hydrogens (tertiary/aromatic N) is 4. The Morgan fingerprint density at radius 2 is 2.00 bits per heavy atom. The maximum absolute atomic E-state index is 4.30. The van der Waals surface area contributed by atoms with Gasteiger partial charge < -0.3 is 10.6 Å². The van der Waals surface area contributed by atoms with Crippen LogP contribution in [0.15, 0.2) is 59.2 Å². The molecule has 0 spiro atoms. The van der Waals surface area contributed by atoms with Crippen LogP contribution >= 0.6 is 35.3 Å². The standard InChI is InChI=1S/C19H24N6S.HI/c1-15(11-17-9-6-10-26-17)12-21-19(20-2)22-13-18-24-23-14-25(18)16-7-4-3-5-8-16;/h3-10,14-15H,11-13H2,1-2H3,(H2,20,21,22);1H. The van der Waals surface area contributed by atoms with Gasteiger partial charge in [0.2, 0.25) is 0 Å². The summed E-state index contributed by atoms with van der Waals surface area (Å²) in [7, 11) is 1.78. The fraction of sp³-hybridized carbons (Fsp3) is 0.316. The van der Waals surface area contributed by atoms with Gasteiger partial charge in [-0.25, -0.2) is 0 Å². The van der Waals surface area contributed by atoms with Crippen LogP contribution < -0.4 is 10.6 Å². The van der Waals surface area contributed by atoms with Gasteiger partial charge in [-0.3, -0.25) is 9.56 Å². The first kappa shape index (κ1) is 21.4. The van der Waals surface area contributed by atoms with Crippen LogP contribution in [0.3, 0.4) is 0 Å². The van der Waals surface area contributed by atoms with Crippen LogP contribution in [0.4, 0.5) is 0 Å². The number of guanidine groups is 1. The predicted molar refractivity (Wildman–Crippen MR) is 122 cm³/mol. The van der Waals surface area contributed by atoms with Crippen molar-refractivity contribution in [2.45, 2.75) is 19.9 Å². The van der Waals surface area contributed by atoms with E-state index in [4.69, 9.17) is 0 Å². The summed E-state index contributed by atoms with van der Waals surface area (Å²) in [4.78, 5) is 5.71. The third kappa shape index (κ3) is 6.31. The number of aromatic nitrogens is 3. The van der Waals surface area contributed by atoms with Gasteiger partial charge in [0.05, 0.1) is 6.54 Å². The molecule has 3 aromatic rings. The average molecular weight is 496 g/mol. The lowest BCUT2D eigenvalue weighted by atomic mass is 10.1. The summed E-state index contributed by atoms with van der Waals surface area (Å²) in [5.74, 6) is 2.14. The molecule has 1 unspecified atom stereocenters. The number of hydrogen-bond acceptors (Lipinski definition) is 4. The Bertz CT molecular complexity index is 816. The molecule has 1 aromatic carbocycles. The number of nitrogens with one attached hydrogen (secondary N) is 2. The maximum atomic E-state index is 4.30. The van der Waals surface area contributed by atoms with Crippen molar-refractivity contribution < 1.29 is 0 Å². The molecule has 0 fully saturated rings. The molecule has 144 valence electrons. The molecular formula is C19H25IN6S. The summed E-state index contributed by atoms with van der Waals surface area (Å²) in [5.41, 5.74) is 1.04. The molecule has 2 aromatic heterocycles. The van der Waals surface area contributed by atoms with E-state index in [1.807, 2.05) is 46.2 Å². The summed E-state index contributed by atoms with van der Waals surface area (Å²) >= 11 is 1.81. The number of aliphatic imine (C=N–C) groups is 1. The molecule has 0 aliphatic heterocycles. The normalized spacial score (nSPS) is 12.3. The SMILES string of the molecule is CN=C(NCc1nncn1-c1ccccc1)NCC(C)Cc1cccs1.I. The molecule has 27 heavy (non-hydrogen) atoms. The molecule has 0 saturated carbocycles. The van der Waals surface area contributed by atoms with Crippen molar-refractivity contribution in [2.75, 3.05) is 13.6 Å². The van der Waals surface area contributed by atoms with Gasteiger partial charge in [0.1, 0.15) is 6.33 Å². The maximum Gasteiger partial charge on any atom is 0.191 e. The Morgan fingerprint density at radius 1 is 1.19 bits per heavy atom. The minimum atomic E-state index is 0. The molecule has 0 saturated heterocycles. The van der Waals surface area contributed by atoms with Crippen LogP contribution in [0.5, 0.6) is 0 Å². The zero-order valence-corrected chi connectivity index (χ0v) is 18.6. The van der Waals surface area contributed by atoms with Crippen molar-refractivity contribution in [3.8, 4) is 5.69 Å². The van der Waals surface area contributed by atoms with Crippen molar-refractivity contribution in [1.29, 1.82) is 0 Å². The lowest BCUT2D eigenvalue weighted by Gasteiger charge is -2.15. The van der Waals surface area contributed by atoms with Crippen molar-refractivity contribution in [3.05, 3.63) is 64.9 Å². The Labute approximate surface area is 181 Å². The van der Waals surface area contributed by atoms with Crippen molar-refractivity contribution >= 4 is 41.3 Å². The number of benzene rings is 1. The molecule has 0 aliphatic carbocycles. The van der Waals surface area contributed by atoms with Crippen LogP contribution in [-0.2, 0) is 13.0 Å². The highest BCUT2D eigenvalue weighted by atomic mass is 127. The van der Waals surface area contributed by atoms with Crippen LogP contribution in [-0.4, -0.2) is 34.3 Å². The summed E-state index contributed by atoms with van der Waals surface area (Å²) < 4.78 is 1.97. The van der Waals surface area contributed by atoms with E-state index in [2.05, 4.69) is 50.3 Å². The number of rotatable bonds is 7. The van der Waals surface area contributed by atoms with E-state index in [0.29, 0.717) is 12.5 Å². The van der Waals surface area contributed by atoms with Gasteiger partial charge in [0, 0.05) is 24.2 Å².